The molecule has 1 atom stereocenters. The van der Waals surface area contributed by atoms with Gasteiger partial charge in [0.25, 0.3) is 0 Å². The first kappa shape index (κ1) is 19.0. The number of carboxylic acids is 1. The second-order valence-electron chi connectivity index (χ2n) is 6.70. The summed E-state index contributed by atoms with van der Waals surface area (Å²) >= 11 is 0. The van der Waals surface area contributed by atoms with Crippen LogP contribution in [0.1, 0.15) is 67.3 Å². The average molecular weight is 350 g/mol. The summed E-state index contributed by atoms with van der Waals surface area (Å²) in [5.74, 6) is -0.416. The molecule has 0 bridgehead atoms. The van der Waals surface area contributed by atoms with E-state index in [9.17, 15) is 14.4 Å². The maximum atomic E-state index is 12.1. The lowest BCUT2D eigenvalue weighted by Crippen LogP contribution is -2.45. The third-order valence-corrected chi connectivity index (χ3v) is 4.61. The van der Waals surface area contributed by atoms with Crippen LogP contribution in [-0.4, -0.2) is 28.9 Å². The highest BCUT2D eigenvalue weighted by Crippen LogP contribution is 2.26. The largest absolute Gasteiger partial charge is 0.478 e. The van der Waals surface area contributed by atoms with Crippen LogP contribution >= 0.6 is 0 Å². The Bertz CT molecular complexity index is 631. The molecule has 1 fully saturated rings. The van der Waals surface area contributed by atoms with Gasteiger partial charge in [0.05, 0.1) is 6.54 Å². The van der Waals surface area contributed by atoms with Crippen molar-refractivity contribution in [3.63, 3.8) is 0 Å². The highest BCUT2D eigenvalue weighted by molar-refractivity contribution is 5.89. The van der Waals surface area contributed by atoms with E-state index < -0.39 is 12.0 Å². The zero-order valence-electron chi connectivity index (χ0n) is 14.8. The molecule has 1 aromatic rings. The van der Waals surface area contributed by atoms with Crippen LogP contribution in [0.4, 0.5) is 0 Å². The topological polar surface area (TPSA) is 109 Å². The number of carbonyl (C=O) groups excluding carboxylic acids is 2. The molecule has 25 heavy (non-hydrogen) atoms. The van der Waals surface area contributed by atoms with E-state index in [1.54, 1.807) is 13.8 Å². The molecule has 1 heterocycles. The van der Waals surface area contributed by atoms with Gasteiger partial charge in [-0.25, -0.2) is 4.79 Å². The first-order valence-electron chi connectivity index (χ1n) is 8.76. The number of carboxylic acid groups (broad SMARTS) is 1. The Morgan fingerprint density at radius 3 is 2.56 bits per heavy atom. The predicted molar refractivity (Wildman–Crippen MR) is 91.0 cm³/mol. The van der Waals surface area contributed by atoms with Gasteiger partial charge in [0.1, 0.15) is 23.1 Å². The fraction of sp³-hybridized carbons (Fsp3) is 0.611. The fourth-order valence-electron chi connectivity index (χ4n) is 3.19. The van der Waals surface area contributed by atoms with Crippen molar-refractivity contribution >= 4 is 17.8 Å². The molecule has 0 aliphatic heterocycles. The van der Waals surface area contributed by atoms with Gasteiger partial charge >= 0.3 is 5.97 Å². The van der Waals surface area contributed by atoms with E-state index in [0.717, 1.165) is 12.8 Å². The Hall–Kier alpha value is -2.31. The molecular formula is C18H26N2O5. The summed E-state index contributed by atoms with van der Waals surface area (Å²) < 4.78 is 5.30. The van der Waals surface area contributed by atoms with Crippen molar-refractivity contribution in [1.29, 1.82) is 0 Å². The van der Waals surface area contributed by atoms with Gasteiger partial charge in [-0.1, -0.05) is 19.3 Å². The van der Waals surface area contributed by atoms with E-state index >= 15 is 0 Å². The van der Waals surface area contributed by atoms with Crippen molar-refractivity contribution in [1.82, 2.24) is 10.6 Å². The minimum Gasteiger partial charge on any atom is -0.478 e. The van der Waals surface area contributed by atoms with Gasteiger partial charge in [-0.05, 0) is 38.7 Å². The summed E-state index contributed by atoms with van der Waals surface area (Å²) in [5, 5.41) is 14.4. The highest BCUT2D eigenvalue weighted by Gasteiger charge is 2.21. The van der Waals surface area contributed by atoms with Gasteiger partial charge < -0.3 is 20.2 Å². The summed E-state index contributed by atoms with van der Waals surface area (Å²) in [4.78, 5) is 35.1. The third kappa shape index (κ3) is 5.62. The smallest absolute Gasteiger partial charge is 0.339 e. The number of carbonyl (C=O) groups is 3. The number of furan rings is 1. The average Bonchev–Trinajstić information content (AvgIpc) is 2.94. The molecule has 0 aromatic carbocycles. The SMILES string of the molecule is Cc1oc(CNC(=O)C(C)NC(=O)CC2CCCCC2)cc1C(=O)O. The summed E-state index contributed by atoms with van der Waals surface area (Å²) in [5.41, 5.74) is 0.0816. The Morgan fingerprint density at radius 2 is 1.96 bits per heavy atom. The van der Waals surface area contributed by atoms with Crippen molar-refractivity contribution in [3.05, 3.63) is 23.2 Å². The monoisotopic (exact) mass is 350 g/mol. The van der Waals surface area contributed by atoms with Crippen molar-refractivity contribution < 1.29 is 23.9 Å². The molecule has 1 unspecified atom stereocenters. The lowest BCUT2D eigenvalue weighted by Gasteiger charge is -2.22. The first-order valence-corrected chi connectivity index (χ1v) is 8.76. The molecule has 0 saturated heterocycles. The van der Waals surface area contributed by atoms with Gasteiger partial charge in [-0.2, -0.15) is 0 Å². The van der Waals surface area contributed by atoms with Gasteiger partial charge in [-0.3, -0.25) is 9.59 Å². The minimum atomic E-state index is -1.07. The number of hydrogen-bond acceptors (Lipinski definition) is 4. The summed E-state index contributed by atoms with van der Waals surface area (Å²) in [7, 11) is 0. The molecule has 3 N–H and O–H groups in total. The molecule has 1 aromatic heterocycles. The number of nitrogens with one attached hydrogen (secondary N) is 2. The number of hydrogen-bond donors (Lipinski definition) is 3. The molecule has 0 radical (unpaired) electrons. The van der Waals surface area contributed by atoms with Gasteiger partial charge in [0.2, 0.25) is 11.8 Å². The molecule has 7 nitrogen and oxygen atoms in total. The van der Waals surface area contributed by atoms with Gasteiger partial charge in [0.15, 0.2) is 0 Å². The molecule has 1 aliphatic rings. The maximum Gasteiger partial charge on any atom is 0.339 e. The molecule has 138 valence electrons. The standard InChI is InChI=1S/C18H26N2O5/c1-11(20-16(21)8-13-6-4-3-5-7-13)17(22)19-10-14-9-15(18(23)24)12(2)25-14/h9,11,13H,3-8,10H2,1-2H3,(H,19,22)(H,20,21)(H,23,24). The predicted octanol–water partition coefficient (Wildman–Crippen LogP) is 2.38. The number of rotatable bonds is 7. The molecule has 7 heteroatoms. The van der Waals surface area contributed by atoms with Crippen LogP contribution in [0.3, 0.4) is 0 Å². The van der Waals surface area contributed by atoms with Crippen molar-refractivity contribution in [3.8, 4) is 0 Å². The quantitative estimate of drug-likeness (QED) is 0.699. The van der Waals surface area contributed by atoms with Crippen LogP contribution in [0.15, 0.2) is 10.5 Å². The molecular weight excluding hydrogens is 324 g/mol. The Morgan fingerprint density at radius 1 is 1.28 bits per heavy atom. The second kappa shape index (κ2) is 8.69. The Labute approximate surface area is 147 Å². The van der Waals surface area contributed by atoms with E-state index in [2.05, 4.69) is 10.6 Å². The highest BCUT2D eigenvalue weighted by atomic mass is 16.4. The lowest BCUT2D eigenvalue weighted by atomic mass is 9.87. The molecule has 1 aliphatic carbocycles. The van der Waals surface area contributed by atoms with Gasteiger partial charge in [-0.15, -0.1) is 0 Å². The van der Waals surface area contributed by atoms with Crippen molar-refractivity contribution in [2.24, 2.45) is 5.92 Å². The van der Waals surface area contributed by atoms with Crippen LogP contribution in [0, 0.1) is 12.8 Å². The Kier molecular flexibility index (Phi) is 6.61. The molecule has 0 spiro atoms. The maximum absolute atomic E-state index is 12.1. The van der Waals surface area contributed by atoms with E-state index in [1.165, 1.54) is 25.3 Å². The van der Waals surface area contributed by atoms with Crippen LogP contribution in [0.5, 0.6) is 0 Å². The zero-order valence-corrected chi connectivity index (χ0v) is 14.8. The summed E-state index contributed by atoms with van der Waals surface area (Å²) in [6.07, 6.45) is 6.23. The van der Waals surface area contributed by atoms with E-state index in [0.29, 0.717) is 23.9 Å². The fourth-order valence-corrected chi connectivity index (χ4v) is 3.19. The van der Waals surface area contributed by atoms with E-state index in [1.807, 2.05) is 0 Å². The van der Waals surface area contributed by atoms with E-state index in [4.69, 9.17) is 9.52 Å². The van der Waals surface area contributed by atoms with Crippen LogP contribution in [0.25, 0.3) is 0 Å². The normalized spacial score (nSPS) is 16.2. The molecule has 2 amide bonds. The molecule has 2 rings (SSSR count). The minimum absolute atomic E-state index is 0.0792. The van der Waals surface area contributed by atoms with Crippen LogP contribution in [-0.2, 0) is 16.1 Å². The summed E-state index contributed by atoms with van der Waals surface area (Å²) in [6.45, 7) is 3.27. The number of amides is 2. The Balaban J connectivity index is 1.76. The van der Waals surface area contributed by atoms with Crippen LogP contribution in [0.2, 0.25) is 0 Å². The summed E-state index contributed by atoms with van der Waals surface area (Å²) in [6, 6.07) is 0.746. The lowest BCUT2D eigenvalue weighted by molar-refractivity contribution is -0.129. The van der Waals surface area contributed by atoms with Crippen LogP contribution < -0.4 is 10.6 Å². The van der Waals surface area contributed by atoms with E-state index in [-0.39, 0.29) is 23.9 Å². The van der Waals surface area contributed by atoms with Crippen molar-refractivity contribution in [2.75, 3.05) is 0 Å². The second-order valence-corrected chi connectivity index (χ2v) is 6.70. The third-order valence-electron chi connectivity index (χ3n) is 4.61. The molecule has 1 saturated carbocycles. The number of aryl methyl sites for hydroxylation is 1. The van der Waals surface area contributed by atoms with Crippen molar-refractivity contribution in [2.45, 2.75) is 65.0 Å². The zero-order chi connectivity index (χ0) is 18.4. The number of aromatic carboxylic acids is 1. The first-order chi connectivity index (χ1) is 11.9. The van der Waals surface area contributed by atoms with Gasteiger partial charge in [0, 0.05) is 6.42 Å².